The normalized spacial score (nSPS) is 11.3. The third-order valence-electron chi connectivity index (χ3n) is 5.90. The Morgan fingerprint density at radius 3 is 2.39 bits per heavy atom. The van der Waals surface area contributed by atoms with Crippen molar-refractivity contribution in [1.82, 2.24) is 5.43 Å². The first-order valence-corrected chi connectivity index (χ1v) is 14.6. The summed E-state index contributed by atoms with van der Waals surface area (Å²) in [5.41, 5.74) is 4.47. The zero-order chi connectivity index (χ0) is 29.4. The van der Waals surface area contributed by atoms with Crippen LogP contribution in [0.25, 0.3) is 0 Å². The van der Waals surface area contributed by atoms with Crippen LogP contribution in [0.15, 0.2) is 105 Å². The lowest BCUT2D eigenvalue weighted by Gasteiger charge is -2.24. The van der Waals surface area contributed by atoms with Crippen molar-refractivity contribution in [3.63, 3.8) is 0 Å². The molecule has 1 amide bonds. The minimum atomic E-state index is -4.27. The van der Waals surface area contributed by atoms with Gasteiger partial charge in [-0.25, -0.2) is 18.2 Å². The molecular weight excluding hydrogens is 613 g/mol. The highest BCUT2D eigenvalue weighted by Crippen LogP contribution is 2.37. The first-order chi connectivity index (χ1) is 19.7. The lowest BCUT2D eigenvalue weighted by atomic mass is 10.2. The Morgan fingerprint density at radius 1 is 1.02 bits per heavy atom. The molecule has 0 unspecified atom stereocenters. The van der Waals surface area contributed by atoms with Crippen molar-refractivity contribution in [2.45, 2.75) is 18.4 Å². The van der Waals surface area contributed by atoms with Gasteiger partial charge in [-0.15, -0.1) is 0 Å². The van der Waals surface area contributed by atoms with Gasteiger partial charge in [0.1, 0.15) is 19.0 Å². The SMILES string of the molecule is COc1cc(/C=N\NC(=O)CN(c2ccccc2F)S(=O)(=O)c2ccc(C)cc2)cc(Br)c1OCc1ccccc1. The Bertz CT molecular complexity index is 1650. The van der Waals surface area contributed by atoms with E-state index in [1.807, 2.05) is 37.3 Å². The number of amides is 1. The van der Waals surface area contributed by atoms with Gasteiger partial charge in [0.05, 0.1) is 28.4 Å². The molecule has 212 valence electrons. The Labute approximate surface area is 246 Å². The summed E-state index contributed by atoms with van der Waals surface area (Å²) >= 11 is 3.48. The van der Waals surface area contributed by atoms with Crippen LogP contribution in [0.4, 0.5) is 10.1 Å². The first-order valence-electron chi connectivity index (χ1n) is 12.4. The van der Waals surface area contributed by atoms with Gasteiger partial charge in [0, 0.05) is 0 Å². The third-order valence-corrected chi connectivity index (χ3v) is 8.26. The average molecular weight is 641 g/mol. The number of anilines is 1. The van der Waals surface area contributed by atoms with Crippen molar-refractivity contribution >= 4 is 43.8 Å². The molecule has 4 rings (SSSR count). The second-order valence-corrected chi connectivity index (χ2v) is 11.6. The predicted molar refractivity (Wildman–Crippen MR) is 159 cm³/mol. The molecule has 0 atom stereocenters. The number of hydrogen-bond acceptors (Lipinski definition) is 6. The highest BCUT2D eigenvalue weighted by molar-refractivity contribution is 9.10. The van der Waals surface area contributed by atoms with E-state index in [1.165, 1.54) is 43.7 Å². The molecule has 1 N–H and O–H groups in total. The van der Waals surface area contributed by atoms with Crippen LogP contribution in [0.2, 0.25) is 0 Å². The molecule has 41 heavy (non-hydrogen) atoms. The van der Waals surface area contributed by atoms with Crippen LogP contribution >= 0.6 is 15.9 Å². The number of benzene rings is 4. The summed E-state index contributed by atoms with van der Waals surface area (Å²) in [4.78, 5) is 12.7. The Morgan fingerprint density at radius 2 is 1.71 bits per heavy atom. The first kappa shape index (κ1) is 29.8. The summed E-state index contributed by atoms with van der Waals surface area (Å²) in [7, 11) is -2.76. The van der Waals surface area contributed by atoms with Crippen molar-refractivity contribution in [3.8, 4) is 11.5 Å². The van der Waals surface area contributed by atoms with E-state index in [1.54, 1.807) is 24.3 Å². The topological polar surface area (TPSA) is 97.3 Å². The van der Waals surface area contributed by atoms with Gasteiger partial charge in [-0.3, -0.25) is 9.10 Å². The number of para-hydroxylation sites is 1. The maximum absolute atomic E-state index is 14.7. The zero-order valence-corrected chi connectivity index (χ0v) is 24.7. The monoisotopic (exact) mass is 639 g/mol. The molecule has 0 aromatic heterocycles. The molecule has 4 aromatic carbocycles. The number of methoxy groups -OCH3 is 1. The van der Waals surface area contributed by atoms with E-state index in [2.05, 4.69) is 26.5 Å². The minimum absolute atomic E-state index is 0.0748. The Balaban J connectivity index is 1.50. The van der Waals surface area contributed by atoms with Gasteiger partial charge in [-0.1, -0.05) is 60.2 Å². The summed E-state index contributed by atoms with van der Waals surface area (Å²) in [6.45, 7) is 1.45. The Hall–Kier alpha value is -4.22. The molecule has 0 aliphatic rings. The number of nitrogens with one attached hydrogen (secondary N) is 1. The van der Waals surface area contributed by atoms with Gasteiger partial charge in [0.2, 0.25) is 0 Å². The molecule has 0 saturated carbocycles. The largest absolute Gasteiger partial charge is 0.493 e. The average Bonchev–Trinajstić information content (AvgIpc) is 2.96. The van der Waals surface area contributed by atoms with Gasteiger partial charge in [0.25, 0.3) is 15.9 Å². The summed E-state index contributed by atoms with van der Waals surface area (Å²) in [5, 5.41) is 3.96. The molecule has 4 aromatic rings. The number of aryl methyl sites for hydroxylation is 1. The van der Waals surface area contributed by atoms with Crippen molar-refractivity contribution in [1.29, 1.82) is 0 Å². The van der Waals surface area contributed by atoms with Crippen LogP contribution < -0.4 is 19.2 Å². The third kappa shape index (κ3) is 7.50. The van der Waals surface area contributed by atoms with E-state index < -0.39 is 28.3 Å². The van der Waals surface area contributed by atoms with Gasteiger partial charge in [0.15, 0.2) is 11.5 Å². The number of sulfonamides is 1. The molecule has 0 bridgehead atoms. The number of halogens is 2. The van der Waals surface area contributed by atoms with E-state index in [-0.39, 0.29) is 10.6 Å². The van der Waals surface area contributed by atoms with Crippen LogP contribution in [-0.4, -0.2) is 34.2 Å². The van der Waals surface area contributed by atoms with E-state index in [9.17, 15) is 17.6 Å². The fraction of sp³-hybridized carbons (Fsp3) is 0.133. The fourth-order valence-corrected chi connectivity index (χ4v) is 5.82. The number of nitrogens with zero attached hydrogens (tertiary/aromatic N) is 2. The number of rotatable bonds is 11. The zero-order valence-electron chi connectivity index (χ0n) is 22.3. The smallest absolute Gasteiger partial charge is 0.264 e. The summed E-state index contributed by atoms with van der Waals surface area (Å²) < 4.78 is 54.2. The predicted octanol–water partition coefficient (Wildman–Crippen LogP) is 5.83. The summed E-state index contributed by atoms with van der Waals surface area (Å²) in [6, 6.07) is 24.5. The van der Waals surface area contributed by atoms with Crippen LogP contribution in [-0.2, 0) is 21.4 Å². The highest BCUT2D eigenvalue weighted by atomic mass is 79.9. The molecule has 0 spiro atoms. The molecule has 8 nitrogen and oxygen atoms in total. The number of carbonyl (C=O) groups is 1. The Kier molecular flexibility index (Phi) is 9.74. The maximum atomic E-state index is 14.7. The van der Waals surface area contributed by atoms with Crippen LogP contribution in [0.1, 0.15) is 16.7 Å². The van der Waals surface area contributed by atoms with Crippen molar-refractivity contribution in [3.05, 3.63) is 118 Å². The number of ether oxygens (including phenoxy) is 2. The lowest BCUT2D eigenvalue weighted by Crippen LogP contribution is -2.40. The lowest BCUT2D eigenvalue weighted by molar-refractivity contribution is -0.119. The van der Waals surface area contributed by atoms with Crippen LogP contribution in [0.3, 0.4) is 0 Å². The molecule has 0 aliphatic carbocycles. The second kappa shape index (κ2) is 13.4. The number of carbonyl (C=O) groups excluding carboxylic acids is 1. The quantitative estimate of drug-likeness (QED) is 0.165. The molecule has 0 heterocycles. The van der Waals surface area contributed by atoms with Crippen LogP contribution in [0, 0.1) is 12.7 Å². The number of hydrazone groups is 1. The van der Waals surface area contributed by atoms with E-state index in [0.717, 1.165) is 21.5 Å². The standard InChI is InChI=1S/C30H27BrFN3O5S/c1-21-12-14-24(15-13-21)41(37,38)35(27-11-7-6-10-26(27)32)19-29(36)34-33-18-23-16-25(31)30(28(17-23)39-2)40-20-22-8-4-3-5-9-22/h3-18H,19-20H2,1-2H3,(H,34,36)/b33-18-. The second-order valence-electron chi connectivity index (χ2n) is 8.88. The van der Waals surface area contributed by atoms with Crippen LogP contribution in [0.5, 0.6) is 11.5 Å². The maximum Gasteiger partial charge on any atom is 0.264 e. The van der Waals surface area contributed by atoms with Gasteiger partial charge < -0.3 is 9.47 Å². The van der Waals surface area contributed by atoms with E-state index in [4.69, 9.17) is 9.47 Å². The summed E-state index contributed by atoms with van der Waals surface area (Å²) in [5.74, 6) is -0.613. The minimum Gasteiger partial charge on any atom is -0.493 e. The van der Waals surface area contributed by atoms with E-state index >= 15 is 0 Å². The van der Waals surface area contributed by atoms with Gasteiger partial charge >= 0.3 is 0 Å². The van der Waals surface area contributed by atoms with Gasteiger partial charge in [-0.05, 0) is 70.4 Å². The van der Waals surface area contributed by atoms with Gasteiger partial charge in [-0.2, -0.15) is 5.10 Å². The molecule has 11 heteroatoms. The molecule has 0 aliphatic heterocycles. The molecule has 0 saturated heterocycles. The summed E-state index contributed by atoms with van der Waals surface area (Å²) in [6.07, 6.45) is 1.37. The molecule has 0 radical (unpaired) electrons. The van der Waals surface area contributed by atoms with Crippen molar-refractivity contribution < 1.29 is 27.1 Å². The van der Waals surface area contributed by atoms with Crippen molar-refractivity contribution in [2.24, 2.45) is 5.10 Å². The number of hydrogen-bond donors (Lipinski definition) is 1. The highest BCUT2D eigenvalue weighted by Gasteiger charge is 2.29. The fourth-order valence-electron chi connectivity index (χ4n) is 3.82. The molecule has 0 fully saturated rings. The van der Waals surface area contributed by atoms with E-state index in [0.29, 0.717) is 28.1 Å². The molecular formula is C30H27BrFN3O5S. The van der Waals surface area contributed by atoms with Crippen molar-refractivity contribution in [2.75, 3.05) is 18.0 Å².